The summed E-state index contributed by atoms with van der Waals surface area (Å²) in [6, 6.07) is 8.23. The third-order valence-electron chi connectivity index (χ3n) is 2.78. The summed E-state index contributed by atoms with van der Waals surface area (Å²) in [5, 5.41) is 16.9. The third-order valence-corrected chi connectivity index (χ3v) is 2.78. The van der Waals surface area contributed by atoms with E-state index < -0.39 is 11.9 Å². The lowest BCUT2D eigenvalue weighted by molar-refractivity contribution is -0.140. The molecule has 0 fully saturated rings. The molecular formula is C16H18N4O4. The summed E-state index contributed by atoms with van der Waals surface area (Å²) in [5.41, 5.74) is 0.941. The van der Waals surface area contributed by atoms with Crippen molar-refractivity contribution in [3.8, 4) is 6.07 Å². The highest BCUT2D eigenvalue weighted by Crippen LogP contribution is 2.14. The van der Waals surface area contributed by atoms with Crippen molar-refractivity contribution in [1.29, 1.82) is 5.26 Å². The first-order chi connectivity index (χ1) is 11.5. The van der Waals surface area contributed by atoms with E-state index in [4.69, 9.17) is 5.26 Å². The lowest BCUT2D eigenvalue weighted by Gasteiger charge is -2.07. The minimum absolute atomic E-state index is 0.123. The van der Waals surface area contributed by atoms with Gasteiger partial charge < -0.3 is 20.7 Å². The van der Waals surface area contributed by atoms with E-state index in [1.54, 1.807) is 30.3 Å². The van der Waals surface area contributed by atoms with E-state index in [1.807, 2.05) is 0 Å². The van der Waals surface area contributed by atoms with Crippen LogP contribution in [0.2, 0.25) is 0 Å². The molecule has 2 amide bonds. The van der Waals surface area contributed by atoms with Crippen LogP contribution >= 0.6 is 0 Å². The Morgan fingerprint density at radius 2 is 1.75 bits per heavy atom. The van der Waals surface area contributed by atoms with Gasteiger partial charge in [-0.05, 0) is 24.3 Å². The molecule has 0 aromatic heterocycles. The van der Waals surface area contributed by atoms with Crippen LogP contribution in [-0.2, 0) is 19.1 Å². The number of nitrogens with one attached hydrogen (secondary N) is 3. The molecule has 1 rings (SSSR count). The standard InChI is InChI=1S/C16H18N4O4/c1-11(21)19-13-3-5-14(6-4-13)20-16(23)12(9-17)10-18-8-7-15(22)24-2/h3-6,10,18H,7-8H2,1-2H3,(H,19,21)(H,20,23)/b12-10-. The first kappa shape index (κ1) is 18.7. The van der Waals surface area contributed by atoms with Crippen LogP contribution in [0.15, 0.2) is 36.0 Å². The van der Waals surface area contributed by atoms with Gasteiger partial charge in [-0.25, -0.2) is 0 Å². The molecule has 0 saturated carbocycles. The van der Waals surface area contributed by atoms with Gasteiger partial charge in [0.25, 0.3) is 5.91 Å². The van der Waals surface area contributed by atoms with E-state index in [0.717, 1.165) is 0 Å². The molecule has 3 N–H and O–H groups in total. The summed E-state index contributed by atoms with van der Waals surface area (Å²) >= 11 is 0. The quantitative estimate of drug-likeness (QED) is 0.298. The van der Waals surface area contributed by atoms with Crippen molar-refractivity contribution in [1.82, 2.24) is 5.32 Å². The van der Waals surface area contributed by atoms with Crippen LogP contribution in [-0.4, -0.2) is 31.4 Å². The van der Waals surface area contributed by atoms with Crippen molar-refractivity contribution in [3.05, 3.63) is 36.0 Å². The molecule has 1 aromatic carbocycles. The lowest BCUT2D eigenvalue weighted by Crippen LogP contribution is -2.18. The number of esters is 1. The zero-order valence-corrected chi connectivity index (χ0v) is 13.4. The zero-order chi connectivity index (χ0) is 17.9. The van der Waals surface area contributed by atoms with E-state index in [-0.39, 0.29) is 24.4 Å². The predicted octanol–water partition coefficient (Wildman–Crippen LogP) is 1.14. The third kappa shape index (κ3) is 6.62. The minimum atomic E-state index is -0.588. The summed E-state index contributed by atoms with van der Waals surface area (Å²) in [5.74, 6) is -1.17. The molecule has 0 saturated heterocycles. The highest BCUT2D eigenvalue weighted by molar-refractivity contribution is 6.06. The maximum Gasteiger partial charge on any atom is 0.307 e. The Balaban J connectivity index is 2.59. The van der Waals surface area contributed by atoms with Gasteiger partial charge in [0, 0.05) is 31.0 Å². The Bertz CT molecular complexity index is 674. The minimum Gasteiger partial charge on any atom is -0.469 e. The average molecular weight is 330 g/mol. The van der Waals surface area contributed by atoms with Crippen LogP contribution in [0.25, 0.3) is 0 Å². The molecule has 0 bridgehead atoms. The van der Waals surface area contributed by atoms with E-state index in [2.05, 4.69) is 20.7 Å². The van der Waals surface area contributed by atoms with Gasteiger partial charge in [0.05, 0.1) is 13.5 Å². The molecule has 0 radical (unpaired) electrons. The van der Waals surface area contributed by atoms with Crippen LogP contribution in [0.4, 0.5) is 11.4 Å². The van der Waals surface area contributed by atoms with Crippen molar-refractivity contribution in [2.24, 2.45) is 0 Å². The molecule has 24 heavy (non-hydrogen) atoms. The van der Waals surface area contributed by atoms with E-state index in [0.29, 0.717) is 11.4 Å². The number of anilines is 2. The van der Waals surface area contributed by atoms with Crippen molar-refractivity contribution in [2.75, 3.05) is 24.3 Å². The monoisotopic (exact) mass is 330 g/mol. The Morgan fingerprint density at radius 1 is 1.17 bits per heavy atom. The van der Waals surface area contributed by atoms with Crippen LogP contribution in [0.3, 0.4) is 0 Å². The lowest BCUT2D eigenvalue weighted by atomic mass is 10.2. The van der Waals surface area contributed by atoms with Gasteiger partial charge in [0.1, 0.15) is 11.6 Å². The van der Waals surface area contributed by atoms with Crippen molar-refractivity contribution in [3.63, 3.8) is 0 Å². The molecule has 0 unspecified atom stereocenters. The van der Waals surface area contributed by atoms with E-state index >= 15 is 0 Å². The first-order valence-corrected chi connectivity index (χ1v) is 7.05. The maximum absolute atomic E-state index is 12.0. The second-order valence-electron chi connectivity index (χ2n) is 4.66. The normalized spacial score (nSPS) is 10.3. The SMILES string of the molecule is COC(=O)CCN/C=C(/C#N)C(=O)Nc1ccc(NC(C)=O)cc1. The molecule has 8 heteroatoms. The van der Waals surface area contributed by atoms with E-state index in [9.17, 15) is 14.4 Å². The van der Waals surface area contributed by atoms with Crippen LogP contribution in [0.5, 0.6) is 0 Å². The van der Waals surface area contributed by atoms with Crippen LogP contribution in [0, 0.1) is 11.3 Å². The molecule has 0 heterocycles. The zero-order valence-electron chi connectivity index (χ0n) is 13.4. The number of hydrogen-bond acceptors (Lipinski definition) is 6. The maximum atomic E-state index is 12.0. The number of methoxy groups -OCH3 is 1. The number of nitriles is 1. The average Bonchev–Trinajstić information content (AvgIpc) is 2.55. The van der Waals surface area contributed by atoms with Crippen LogP contribution < -0.4 is 16.0 Å². The molecule has 0 spiro atoms. The van der Waals surface area contributed by atoms with Crippen molar-refractivity contribution in [2.45, 2.75) is 13.3 Å². The smallest absolute Gasteiger partial charge is 0.307 e. The molecule has 0 aliphatic heterocycles. The van der Waals surface area contributed by atoms with Gasteiger partial charge in [0.15, 0.2) is 0 Å². The van der Waals surface area contributed by atoms with Gasteiger partial charge in [-0.2, -0.15) is 5.26 Å². The largest absolute Gasteiger partial charge is 0.469 e. The molecular weight excluding hydrogens is 312 g/mol. The van der Waals surface area contributed by atoms with Gasteiger partial charge in [-0.15, -0.1) is 0 Å². The number of rotatable bonds is 7. The molecule has 0 aliphatic rings. The highest BCUT2D eigenvalue weighted by atomic mass is 16.5. The molecule has 0 atom stereocenters. The first-order valence-electron chi connectivity index (χ1n) is 7.05. The molecule has 1 aromatic rings. The number of carbonyl (C=O) groups excluding carboxylic acids is 3. The summed E-state index contributed by atoms with van der Waals surface area (Å²) in [6.45, 7) is 1.64. The molecule has 8 nitrogen and oxygen atoms in total. The Hall–Kier alpha value is -3.34. The Kier molecular flexibility index (Phi) is 7.51. The fourth-order valence-corrected chi connectivity index (χ4v) is 1.64. The van der Waals surface area contributed by atoms with E-state index in [1.165, 1.54) is 20.2 Å². The van der Waals surface area contributed by atoms with Gasteiger partial charge >= 0.3 is 5.97 Å². The summed E-state index contributed by atoms with van der Waals surface area (Å²) < 4.78 is 4.47. The Labute approximate surface area is 139 Å². The molecule has 0 aliphatic carbocycles. The van der Waals surface area contributed by atoms with Crippen molar-refractivity contribution >= 4 is 29.2 Å². The fraction of sp³-hybridized carbons (Fsp3) is 0.250. The predicted molar refractivity (Wildman–Crippen MR) is 87.7 cm³/mol. The van der Waals surface area contributed by atoms with Gasteiger partial charge in [0.2, 0.25) is 5.91 Å². The number of hydrogen-bond donors (Lipinski definition) is 3. The topological polar surface area (TPSA) is 120 Å². The highest BCUT2D eigenvalue weighted by Gasteiger charge is 2.09. The van der Waals surface area contributed by atoms with Crippen molar-refractivity contribution < 1.29 is 19.1 Å². The number of carbonyl (C=O) groups is 3. The molecule has 126 valence electrons. The number of ether oxygens (including phenoxy) is 1. The fourth-order valence-electron chi connectivity index (χ4n) is 1.64. The summed E-state index contributed by atoms with van der Waals surface area (Å²) in [4.78, 5) is 33.9. The van der Waals surface area contributed by atoms with Gasteiger partial charge in [-0.1, -0.05) is 0 Å². The number of nitrogens with zero attached hydrogens (tertiary/aromatic N) is 1. The van der Waals surface area contributed by atoms with Crippen LogP contribution in [0.1, 0.15) is 13.3 Å². The number of amides is 2. The second-order valence-corrected chi connectivity index (χ2v) is 4.66. The summed E-state index contributed by atoms with van der Waals surface area (Å²) in [7, 11) is 1.28. The Morgan fingerprint density at radius 3 is 2.25 bits per heavy atom. The number of benzene rings is 1. The second kappa shape index (κ2) is 9.63. The van der Waals surface area contributed by atoms with Gasteiger partial charge in [-0.3, -0.25) is 14.4 Å². The summed E-state index contributed by atoms with van der Waals surface area (Å²) in [6.07, 6.45) is 1.36.